The van der Waals surface area contributed by atoms with Crippen molar-refractivity contribution in [1.82, 2.24) is 10.3 Å². The van der Waals surface area contributed by atoms with Crippen molar-refractivity contribution >= 4 is 5.91 Å². The number of nitrogens with zero attached hydrogens (tertiary/aromatic N) is 1. The Kier molecular flexibility index (Phi) is 4.25. The summed E-state index contributed by atoms with van der Waals surface area (Å²) in [6, 6.07) is 2.32. The zero-order valence-corrected chi connectivity index (χ0v) is 10.1. The van der Waals surface area contributed by atoms with E-state index in [1.807, 2.05) is 0 Å². The first-order valence-corrected chi connectivity index (χ1v) is 6.27. The highest BCUT2D eigenvalue weighted by Gasteiger charge is 2.23. The molecule has 2 unspecified atom stereocenters. The molecule has 0 aromatic carbocycles. The zero-order valence-electron chi connectivity index (χ0n) is 10.1. The third-order valence-electron chi connectivity index (χ3n) is 3.29. The van der Waals surface area contributed by atoms with Crippen LogP contribution in [0.15, 0.2) is 18.3 Å². The second-order valence-electron chi connectivity index (χ2n) is 4.65. The number of hydrogen-bond acceptors (Lipinski definition) is 3. The van der Waals surface area contributed by atoms with E-state index < -0.39 is 12.1 Å². The van der Waals surface area contributed by atoms with E-state index in [1.165, 1.54) is 12.3 Å². The van der Waals surface area contributed by atoms with Crippen molar-refractivity contribution in [3.8, 4) is 0 Å². The van der Waals surface area contributed by atoms with E-state index in [1.54, 1.807) is 0 Å². The van der Waals surface area contributed by atoms with E-state index >= 15 is 0 Å². The zero-order chi connectivity index (χ0) is 13.0. The Morgan fingerprint density at radius 2 is 2.11 bits per heavy atom. The smallest absolute Gasteiger partial charge is 0.253 e. The van der Waals surface area contributed by atoms with Crippen molar-refractivity contribution in [3.63, 3.8) is 0 Å². The molecule has 0 bridgehead atoms. The van der Waals surface area contributed by atoms with E-state index in [0.717, 1.165) is 31.7 Å². The van der Waals surface area contributed by atoms with Gasteiger partial charge in [0.2, 0.25) is 5.95 Å². The molecule has 4 nitrogen and oxygen atoms in total. The van der Waals surface area contributed by atoms with Gasteiger partial charge in [0.15, 0.2) is 0 Å². The summed E-state index contributed by atoms with van der Waals surface area (Å²) in [5.41, 5.74) is 0.313. The molecular weight excluding hydrogens is 235 g/mol. The van der Waals surface area contributed by atoms with Gasteiger partial charge in [0.05, 0.1) is 17.7 Å². The lowest BCUT2D eigenvalue weighted by Crippen LogP contribution is -2.42. The van der Waals surface area contributed by atoms with Crippen molar-refractivity contribution in [2.45, 2.75) is 44.2 Å². The number of pyridine rings is 1. The Morgan fingerprint density at radius 1 is 1.33 bits per heavy atom. The van der Waals surface area contributed by atoms with E-state index in [0.29, 0.717) is 12.0 Å². The van der Waals surface area contributed by atoms with E-state index in [2.05, 4.69) is 10.3 Å². The van der Waals surface area contributed by atoms with Gasteiger partial charge in [-0.25, -0.2) is 4.98 Å². The summed E-state index contributed by atoms with van der Waals surface area (Å²) in [7, 11) is 0. The maximum absolute atomic E-state index is 12.6. The van der Waals surface area contributed by atoms with Crippen LogP contribution in [0.3, 0.4) is 0 Å². The van der Waals surface area contributed by atoms with Crippen molar-refractivity contribution in [2.75, 3.05) is 0 Å². The normalized spacial score (nSPS) is 24.3. The van der Waals surface area contributed by atoms with E-state index in [4.69, 9.17) is 0 Å². The summed E-state index contributed by atoms with van der Waals surface area (Å²) in [6.45, 7) is 0. The van der Waals surface area contributed by atoms with Crippen LogP contribution in [0, 0.1) is 5.95 Å². The first-order chi connectivity index (χ1) is 8.66. The number of carbonyl (C=O) groups is 1. The van der Waals surface area contributed by atoms with Crippen molar-refractivity contribution in [2.24, 2.45) is 0 Å². The van der Waals surface area contributed by atoms with Crippen molar-refractivity contribution in [3.05, 3.63) is 29.8 Å². The summed E-state index contributed by atoms with van der Waals surface area (Å²) in [5, 5.41) is 12.7. The van der Waals surface area contributed by atoms with Crippen molar-refractivity contribution < 1.29 is 14.3 Å². The molecular formula is C13H17FN2O2. The number of nitrogens with one attached hydrogen (secondary N) is 1. The molecule has 1 amide bonds. The van der Waals surface area contributed by atoms with Gasteiger partial charge in [-0.05, 0) is 25.0 Å². The average Bonchev–Trinajstić information content (AvgIpc) is 2.56. The molecule has 1 heterocycles. The number of hydrogen-bond donors (Lipinski definition) is 2. The fraction of sp³-hybridized carbons (Fsp3) is 0.538. The highest BCUT2D eigenvalue weighted by atomic mass is 19.1. The Morgan fingerprint density at radius 3 is 2.83 bits per heavy atom. The Balaban J connectivity index is 1.99. The predicted molar refractivity (Wildman–Crippen MR) is 64.5 cm³/mol. The molecule has 0 aliphatic heterocycles. The molecule has 1 aliphatic carbocycles. The van der Waals surface area contributed by atoms with Gasteiger partial charge < -0.3 is 10.4 Å². The van der Waals surface area contributed by atoms with Gasteiger partial charge in [-0.1, -0.05) is 19.3 Å². The molecule has 1 fully saturated rings. The summed E-state index contributed by atoms with van der Waals surface area (Å²) < 4.78 is 12.6. The quantitative estimate of drug-likeness (QED) is 0.621. The Bertz CT molecular complexity index is 408. The van der Waals surface area contributed by atoms with Crippen molar-refractivity contribution in [1.29, 1.82) is 0 Å². The average molecular weight is 252 g/mol. The van der Waals surface area contributed by atoms with Gasteiger partial charge in [-0.3, -0.25) is 4.79 Å². The number of aliphatic hydroxyl groups is 1. The summed E-state index contributed by atoms with van der Waals surface area (Å²) in [6.07, 6.45) is 5.28. The van der Waals surface area contributed by atoms with Gasteiger partial charge in [0, 0.05) is 6.20 Å². The number of aromatic nitrogens is 1. The molecule has 1 aliphatic rings. The minimum atomic E-state index is -0.610. The van der Waals surface area contributed by atoms with Gasteiger partial charge in [0.1, 0.15) is 0 Å². The standard InChI is InChI=1S/C13H17FN2O2/c14-12-7-6-9(8-15-12)13(18)16-10-4-2-1-3-5-11(10)17/h6-8,10-11,17H,1-5H2,(H,16,18). The lowest BCUT2D eigenvalue weighted by Gasteiger charge is -2.21. The first-order valence-electron chi connectivity index (χ1n) is 6.27. The van der Waals surface area contributed by atoms with Crippen LogP contribution in [0.5, 0.6) is 0 Å². The molecule has 2 atom stereocenters. The predicted octanol–water partition coefficient (Wildman–Crippen LogP) is 1.64. The summed E-state index contributed by atoms with van der Waals surface area (Å²) >= 11 is 0. The first kappa shape index (κ1) is 13.0. The highest BCUT2D eigenvalue weighted by Crippen LogP contribution is 2.18. The minimum Gasteiger partial charge on any atom is -0.391 e. The van der Waals surface area contributed by atoms with Gasteiger partial charge in [-0.15, -0.1) is 0 Å². The lowest BCUT2D eigenvalue weighted by atomic mass is 10.1. The maximum atomic E-state index is 12.6. The van der Waals surface area contributed by atoms with Crippen LogP contribution in [0.25, 0.3) is 0 Å². The second-order valence-corrected chi connectivity index (χ2v) is 4.65. The highest BCUT2D eigenvalue weighted by molar-refractivity contribution is 5.94. The van der Waals surface area contributed by atoms with Crippen LogP contribution in [0.1, 0.15) is 42.5 Å². The molecule has 2 N–H and O–H groups in total. The largest absolute Gasteiger partial charge is 0.391 e. The topological polar surface area (TPSA) is 62.2 Å². The lowest BCUT2D eigenvalue weighted by molar-refractivity contribution is 0.0818. The Hall–Kier alpha value is -1.49. The molecule has 98 valence electrons. The number of rotatable bonds is 2. The SMILES string of the molecule is O=C(NC1CCCCCC1O)c1ccc(F)nc1. The van der Waals surface area contributed by atoms with Crippen LogP contribution >= 0.6 is 0 Å². The maximum Gasteiger partial charge on any atom is 0.253 e. The molecule has 1 aromatic heterocycles. The molecule has 18 heavy (non-hydrogen) atoms. The Labute approximate surface area is 105 Å². The minimum absolute atomic E-state index is 0.218. The van der Waals surface area contributed by atoms with Gasteiger partial charge in [-0.2, -0.15) is 4.39 Å². The molecule has 0 saturated heterocycles. The van der Waals surface area contributed by atoms with Crippen LogP contribution in [-0.2, 0) is 0 Å². The number of carbonyl (C=O) groups excluding carboxylic acids is 1. The van der Waals surface area contributed by atoms with Crippen LogP contribution in [-0.4, -0.2) is 28.1 Å². The number of aliphatic hydroxyl groups excluding tert-OH is 1. The third-order valence-corrected chi connectivity index (χ3v) is 3.29. The molecule has 0 spiro atoms. The summed E-state index contributed by atoms with van der Waals surface area (Å²) in [5.74, 6) is -0.922. The fourth-order valence-corrected chi connectivity index (χ4v) is 2.22. The van der Waals surface area contributed by atoms with E-state index in [9.17, 15) is 14.3 Å². The second kappa shape index (κ2) is 5.91. The van der Waals surface area contributed by atoms with Crippen LogP contribution in [0.4, 0.5) is 4.39 Å². The summed E-state index contributed by atoms with van der Waals surface area (Å²) in [4.78, 5) is 15.3. The molecule has 2 rings (SSSR count). The molecule has 1 saturated carbocycles. The van der Waals surface area contributed by atoms with E-state index in [-0.39, 0.29) is 11.9 Å². The number of amides is 1. The van der Waals surface area contributed by atoms with Crippen LogP contribution < -0.4 is 5.32 Å². The molecule has 0 radical (unpaired) electrons. The van der Waals surface area contributed by atoms with Gasteiger partial charge in [0.25, 0.3) is 5.91 Å². The fourth-order valence-electron chi connectivity index (χ4n) is 2.22. The monoisotopic (exact) mass is 252 g/mol. The molecule has 1 aromatic rings. The number of halogens is 1. The molecule has 5 heteroatoms. The third kappa shape index (κ3) is 3.26. The van der Waals surface area contributed by atoms with Crippen LogP contribution in [0.2, 0.25) is 0 Å². The van der Waals surface area contributed by atoms with Gasteiger partial charge >= 0.3 is 0 Å².